The first-order valence-electron chi connectivity index (χ1n) is 6.79. The summed E-state index contributed by atoms with van der Waals surface area (Å²) in [6.07, 6.45) is 1.75. The van der Waals surface area contributed by atoms with Gasteiger partial charge in [-0.05, 0) is 18.9 Å². The molecule has 0 atom stereocenters. The highest BCUT2D eigenvalue weighted by Gasteiger charge is 2.26. The number of fused-ring (bicyclic) bond motifs is 1. The average Bonchev–Trinajstić information content (AvgIpc) is 2.84. The number of hydrogen-bond donors (Lipinski definition) is 1. The molecule has 0 unspecified atom stereocenters. The largest absolute Gasteiger partial charge is 0.381 e. The number of nitrogens with one attached hydrogen (secondary N) is 1. The number of amides is 1. The molecule has 1 fully saturated rings. The Balaban J connectivity index is 1.89. The van der Waals surface area contributed by atoms with Gasteiger partial charge in [0.2, 0.25) is 0 Å². The van der Waals surface area contributed by atoms with Crippen LogP contribution in [0.25, 0.3) is 10.9 Å². The van der Waals surface area contributed by atoms with Crippen molar-refractivity contribution in [3.05, 3.63) is 35.0 Å². The number of carbonyl (C=O) groups excluding carboxylic acids is 1. The van der Waals surface area contributed by atoms with Gasteiger partial charge in [0.25, 0.3) is 5.91 Å². The number of ether oxygens (including phenoxy) is 1. The Morgan fingerprint density at radius 2 is 2.05 bits per heavy atom. The molecule has 1 aromatic heterocycles. The first-order valence-corrected chi connectivity index (χ1v) is 7.17. The summed E-state index contributed by atoms with van der Waals surface area (Å²) < 4.78 is 5.34. The molecule has 1 aliphatic rings. The summed E-state index contributed by atoms with van der Waals surface area (Å²) in [5.41, 5.74) is 1.36. The Morgan fingerprint density at radius 1 is 1.35 bits per heavy atom. The van der Waals surface area contributed by atoms with Crippen molar-refractivity contribution in [1.29, 1.82) is 0 Å². The molecule has 20 heavy (non-hydrogen) atoms. The zero-order chi connectivity index (χ0) is 14.1. The highest BCUT2D eigenvalue weighted by molar-refractivity contribution is 6.38. The van der Waals surface area contributed by atoms with Crippen LogP contribution in [0.5, 0.6) is 0 Å². The predicted molar refractivity (Wildman–Crippen MR) is 79.2 cm³/mol. The molecule has 0 bridgehead atoms. The van der Waals surface area contributed by atoms with Crippen molar-refractivity contribution in [3.63, 3.8) is 0 Å². The zero-order valence-corrected chi connectivity index (χ0v) is 12.1. The number of halogens is 1. The quantitative estimate of drug-likeness (QED) is 0.924. The smallest absolute Gasteiger partial charge is 0.271 e. The number of aromatic amines is 1. The molecule has 2 heterocycles. The summed E-state index contributed by atoms with van der Waals surface area (Å²) >= 11 is 6.33. The first kappa shape index (κ1) is 13.5. The van der Waals surface area contributed by atoms with E-state index >= 15 is 0 Å². The Labute approximate surface area is 122 Å². The molecule has 0 saturated carbocycles. The molecule has 1 aromatic carbocycles. The summed E-state index contributed by atoms with van der Waals surface area (Å²) in [7, 11) is 1.83. The van der Waals surface area contributed by atoms with Crippen LogP contribution in [0.3, 0.4) is 0 Å². The van der Waals surface area contributed by atoms with E-state index in [2.05, 4.69) is 4.98 Å². The minimum Gasteiger partial charge on any atom is -0.381 e. The number of benzene rings is 1. The predicted octanol–water partition coefficient (Wildman–Crippen LogP) is 3.07. The lowest BCUT2D eigenvalue weighted by Gasteiger charge is -2.31. The van der Waals surface area contributed by atoms with Crippen molar-refractivity contribution in [1.82, 2.24) is 9.88 Å². The van der Waals surface area contributed by atoms with E-state index in [9.17, 15) is 4.79 Å². The van der Waals surface area contributed by atoms with Crippen LogP contribution in [-0.2, 0) is 4.74 Å². The van der Waals surface area contributed by atoms with Gasteiger partial charge >= 0.3 is 0 Å². The maximum Gasteiger partial charge on any atom is 0.271 e. The maximum absolute atomic E-state index is 12.6. The molecule has 1 aliphatic heterocycles. The lowest BCUT2D eigenvalue weighted by atomic mass is 10.1. The molecule has 1 saturated heterocycles. The monoisotopic (exact) mass is 292 g/mol. The van der Waals surface area contributed by atoms with Crippen LogP contribution in [0.1, 0.15) is 23.3 Å². The molecule has 2 aromatic rings. The van der Waals surface area contributed by atoms with E-state index in [1.165, 1.54) is 0 Å². The van der Waals surface area contributed by atoms with Gasteiger partial charge in [-0.15, -0.1) is 0 Å². The second-order valence-electron chi connectivity index (χ2n) is 5.12. The van der Waals surface area contributed by atoms with Crippen LogP contribution in [-0.4, -0.2) is 42.1 Å². The number of H-pyrrole nitrogens is 1. The summed E-state index contributed by atoms with van der Waals surface area (Å²) in [5.74, 6) is -0.0573. The third kappa shape index (κ3) is 2.30. The average molecular weight is 293 g/mol. The molecule has 5 heteroatoms. The van der Waals surface area contributed by atoms with Crippen LogP contribution in [0.15, 0.2) is 24.3 Å². The van der Waals surface area contributed by atoms with Gasteiger partial charge in [-0.25, -0.2) is 0 Å². The molecule has 106 valence electrons. The van der Waals surface area contributed by atoms with Gasteiger partial charge in [0.1, 0.15) is 5.69 Å². The van der Waals surface area contributed by atoms with Gasteiger partial charge in [0, 0.05) is 37.2 Å². The van der Waals surface area contributed by atoms with Crippen molar-refractivity contribution in [2.75, 3.05) is 20.3 Å². The van der Waals surface area contributed by atoms with Crippen LogP contribution < -0.4 is 0 Å². The topological polar surface area (TPSA) is 45.3 Å². The van der Waals surface area contributed by atoms with Crippen molar-refractivity contribution < 1.29 is 9.53 Å². The van der Waals surface area contributed by atoms with Crippen LogP contribution in [0, 0.1) is 0 Å². The van der Waals surface area contributed by atoms with E-state index in [0.717, 1.165) is 23.7 Å². The van der Waals surface area contributed by atoms with Gasteiger partial charge in [-0.3, -0.25) is 4.79 Å². The molecule has 1 N–H and O–H groups in total. The second-order valence-corrected chi connectivity index (χ2v) is 5.50. The van der Waals surface area contributed by atoms with Crippen molar-refractivity contribution in [3.8, 4) is 0 Å². The van der Waals surface area contributed by atoms with Crippen molar-refractivity contribution in [2.24, 2.45) is 0 Å². The molecule has 1 amide bonds. The van der Waals surface area contributed by atoms with Gasteiger partial charge in [0.15, 0.2) is 0 Å². The maximum atomic E-state index is 12.6. The second kappa shape index (κ2) is 5.46. The molecular formula is C15H17ClN2O2. The Hall–Kier alpha value is -1.52. The Morgan fingerprint density at radius 3 is 2.75 bits per heavy atom. The lowest BCUT2D eigenvalue weighted by molar-refractivity contribution is 0.0359. The molecular weight excluding hydrogens is 276 g/mol. The Bertz CT molecular complexity index is 632. The van der Waals surface area contributed by atoms with E-state index < -0.39 is 0 Å². The SMILES string of the molecule is CN(C(=O)c1[nH]c2ccccc2c1Cl)C1CCOCC1. The first-order chi connectivity index (χ1) is 9.68. The minimum absolute atomic E-state index is 0.0573. The van der Waals surface area contributed by atoms with Crippen LogP contribution in [0.2, 0.25) is 5.02 Å². The van der Waals surface area contributed by atoms with Crippen LogP contribution >= 0.6 is 11.6 Å². The third-order valence-corrected chi connectivity index (χ3v) is 4.31. The number of carbonyl (C=O) groups is 1. The van der Waals surface area contributed by atoms with Crippen molar-refractivity contribution in [2.45, 2.75) is 18.9 Å². The molecule has 0 aliphatic carbocycles. The highest BCUT2D eigenvalue weighted by atomic mass is 35.5. The van der Waals surface area contributed by atoms with E-state index in [1.54, 1.807) is 4.90 Å². The highest BCUT2D eigenvalue weighted by Crippen LogP contribution is 2.28. The van der Waals surface area contributed by atoms with E-state index in [4.69, 9.17) is 16.3 Å². The third-order valence-electron chi connectivity index (χ3n) is 3.92. The number of hydrogen-bond acceptors (Lipinski definition) is 2. The van der Waals surface area contributed by atoms with E-state index in [-0.39, 0.29) is 11.9 Å². The number of aromatic nitrogens is 1. The standard InChI is InChI=1S/C15H17ClN2O2/c1-18(10-6-8-20-9-7-10)15(19)14-13(16)11-4-2-3-5-12(11)17-14/h2-5,10,17H,6-9H2,1H3. The molecule has 4 nitrogen and oxygen atoms in total. The minimum atomic E-state index is -0.0573. The fourth-order valence-corrected chi connectivity index (χ4v) is 2.96. The number of rotatable bonds is 2. The Kier molecular flexibility index (Phi) is 3.68. The summed E-state index contributed by atoms with van der Waals surface area (Å²) in [5, 5.41) is 1.39. The van der Waals surface area contributed by atoms with E-state index in [1.807, 2.05) is 31.3 Å². The van der Waals surface area contributed by atoms with Gasteiger partial charge in [-0.1, -0.05) is 29.8 Å². The summed E-state index contributed by atoms with van der Waals surface area (Å²) in [6.45, 7) is 1.42. The normalized spacial score (nSPS) is 16.5. The number of para-hydroxylation sites is 1. The van der Waals surface area contributed by atoms with Crippen LogP contribution in [0.4, 0.5) is 0 Å². The van der Waals surface area contributed by atoms with E-state index in [0.29, 0.717) is 23.9 Å². The molecule has 0 radical (unpaired) electrons. The summed E-state index contributed by atoms with van der Waals surface area (Å²) in [6, 6.07) is 7.90. The van der Waals surface area contributed by atoms with Gasteiger partial charge in [0.05, 0.1) is 5.02 Å². The fourth-order valence-electron chi connectivity index (χ4n) is 2.67. The van der Waals surface area contributed by atoms with Gasteiger partial charge in [-0.2, -0.15) is 0 Å². The van der Waals surface area contributed by atoms with Crippen molar-refractivity contribution >= 4 is 28.4 Å². The zero-order valence-electron chi connectivity index (χ0n) is 11.4. The fraction of sp³-hybridized carbons (Fsp3) is 0.400. The number of nitrogens with zero attached hydrogens (tertiary/aromatic N) is 1. The van der Waals surface area contributed by atoms with Gasteiger partial charge < -0.3 is 14.6 Å². The molecule has 3 rings (SSSR count). The summed E-state index contributed by atoms with van der Waals surface area (Å²) in [4.78, 5) is 17.5. The molecule has 0 spiro atoms. The lowest BCUT2D eigenvalue weighted by Crippen LogP contribution is -2.40.